The Labute approximate surface area is 118 Å². The maximum Gasteiger partial charge on any atom is 0.119 e. The van der Waals surface area contributed by atoms with E-state index in [9.17, 15) is 0 Å². The van der Waals surface area contributed by atoms with Gasteiger partial charge in [0, 0.05) is 6.54 Å². The number of nitrogens with zero attached hydrogens (tertiary/aromatic N) is 1. The number of nitrogens with one attached hydrogen (secondary N) is 1. The molecule has 0 fully saturated rings. The highest BCUT2D eigenvalue weighted by atomic mass is 16.5. The average molecular weight is 267 g/mol. The molecule has 4 heteroatoms. The number of rotatable bonds is 6. The molecule has 0 saturated heterocycles. The molecule has 0 amide bonds. The minimum atomic E-state index is 0.570. The first-order chi connectivity index (χ1) is 9.79. The Hall–Kier alpha value is -2.67. The minimum Gasteiger partial charge on any atom is -0.494 e. The zero-order valence-corrected chi connectivity index (χ0v) is 11.2. The first kappa shape index (κ1) is 13.8. The van der Waals surface area contributed by atoms with Gasteiger partial charge in [-0.05, 0) is 36.8 Å². The molecular weight excluding hydrogens is 250 g/mol. The molecule has 2 aromatic carbocycles. The van der Waals surface area contributed by atoms with Crippen molar-refractivity contribution >= 4 is 11.4 Å². The number of ether oxygens (including phenoxy) is 1. The van der Waals surface area contributed by atoms with Crippen molar-refractivity contribution in [1.29, 1.82) is 5.26 Å². The number of hydrogen-bond donors (Lipinski definition) is 2. The Morgan fingerprint density at radius 2 is 1.95 bits per heavy atom. The van der Waals surface area contributed by atoms with E-state index in [1.54, 1.807) is 12.1 Å². The molecule has 4 nitrogen and oxygen atoms in total. The van der Waals surface area contributed by atoms with Gasteiger partial charge in [-0.25, -0.2) is 0 Å². The highest BCUT2D eigenvalue weighted by Crippen LogP contribution is 2.19. The van der Waals surface area contributed by atoms with Gasteiger partial charge < -0.3 is 15.8 Å². The summed E-state index contributed by atoms with van der Waals surface area (Å²) >= 11 is 0. The maximum absolute atomic E-state index is 8.76. The van der Waals surface area contributed by atoms with Crippen LogP contribution in [0.15, 0.2) is 48.5 Å². The number of benzene rings is 2. The molecule has 0 heterocycles. The van der Waals surface area contributed by atoms with Crippen LogP contribution in [0, 0.1) is 11.3 Å². The summed E-state index contributed by atoms with van der Waals surface area (Å²) in [6.07, 6.45) is 0.869. The first-order valence-electron chi connectivity index (χ1n) is 6.51. The van der Waals surface area contributed by atoms with Gasteiger partial charge in [0.15, 0.2) is 0 Å². The van der Waals surface area contributed by atoms with Gasteiger partial charge in [-0.3, -0.25) is 0 Å². The highest BCUT2D eigenvalue weighted by molar-refractivity contribution is 5.68. The van der Waals surface area contributed by atoms with E-state index >= 15 is 0 Å². The van der Waals surface area contributed by atoms with Crippen LogP contribution in [0.2, 0.25) is 0 Å². The summed E-state index contributed by atoms with van der Waals surface area (Å²) in [5, 5.41) is 12.0. The molecular formula is C16H17N3O. The zero-order valence-electron chi connectivity index (χ0n) is 11.2. The van der Waals surface area contributed by atoms with Crippen LogP contribution in [-0.4, -0.2) is 13.2 Å². The summed E-state index contributed by atoms with van der Waals surface area (Å²) in [6.45, 7) is 1.41. The van der Waals surface area contributed by atoms with Crippen LogP contribution in [0.3, 0.4) is 0 Å². The maximum atomic E-state index is 8.76. The van der Waals surface area contributed by atoms with Gasteiger partial charge in [0.25, 0.3) is 0 Å². The third kappa shape index (κ3) is 3.92. The summed E-state index contributed by atoms with van der Waals surface area (Å²) in [5.41, 5.74) is 7.87. The van der Waals surface area contributed by atoms with E-state index in [-0.39, 0.29) is 0 Å². The predicted molar refractivity (Wildman–Crippen MR) is 80.6 cm³/mol. The number of para-hydroxylation sites is 1. The van der Waals surface area contributed by atoms with E-state index in [1.807, 2.05) is 36.4 Å². The van der Waals surface area contributed by atoms with Crippen LogP contribution in [0.5, 0.6) is 5.75 Å². The summed E-state index contributed by atoms with van der Waals surface area (Å²) in [7, 11) is 0. The fraction of sp³-hybridized carbons (Fsp3) is 0.188. The molecule has 0 unspecified atom stereocenters. The number of hydrogen-bond acceptors (Lipinski definition) is 4. The predicted octanol–water partition coefficient (Wildman–Crippen LogP) is 3.02. The molecule has 0 aliphatic rings. The summed E-state index contributed by atoms with van der Waals surface area (Å²) in [4.78, 5) is 0. The molecule has 0 aliphatic carbocycles. The van der Waals surface area contributed by atoms with Gasteiger partial charge in [-0.2, -0.15) is 5.26 Å². The molecule has 0 atom stereocenters. The lowest BCUT2D eigenvalue weighted by atomic mass is 10.2. The van der Waals surface area contributed by atoms with Crippen molar-refractivity contribution in [2.24, 2.45) is 0 Å². The summed E-state index contributed by atoms with van der Waals surface area (Å²) in [6, 6.07) is 17.0. The van der Waals surface area contributed by atoms with Crippen LogP contribution in [0.4, 0.5) is 11.4 Å². The Bertz CT molecular complexity index is 590. The van der Waals surface area contributed by atoms with Crippen LogP contribution >= 0.6 is 0 Å². The topological polar surface area (TPSA) is 71.1 Å². The molecule has 2 aromatic rings. The molecule has 0 radical (unpaired) electrons. The second-order valence-corrected chi connectivity index (χ2v) is 4.36. The average Bonchev–Trinajstić information content (AvgIpc) is 2.49. The first-order valence-corrected chi connectivity index (χ1v) is 6.51. The fourth-order valence-corrected chi connectivity index (χ4v) is 1.80. The van der Waals surface area contributed by atoms with E-state index in [2.05, 4.69) is 11.4 Å². The normalized spacial score (nSPS) is 9.75. The minimum absolute atomic E-state index is 0.570. The molecule has 3 N–H and O–H groups in total. The molecule has 2 rings (SSSR count). The lowest BCUT2D eigenvalue weighted by Gasteiger charge is -2.10. The molecule has 0 aliphatic heterocycles. The van der Waals surface area contributed by atoms with Crippen molar-refractivity contribution in [1.82, 2.24) is 0 Å². The number of nitriles is 1. The highest BCUT2D eigenvalue weighted by Gasteiger charge is 2.00. The summed E-state index contributed by atoms with van der Waals surface area (Å²) in [5.74, 6) is 0.880. The second kappa shape index (κ2) is 7.05. The smallest absolute Gasteiger partial charge is 0.119 e. The quantitative estimate of drug-likeness (QED) is 0.623. The number of nitrogens with two attached hydrogens (primary N) is 1. The zero-order chi connectivity index (χ0) is 14.2. The largest absolute Gasteiger partial charge is 0.494 e. The monoisotopic (exact) mass is 267 g/mol. The van der Waals surface area contributed by atoms with Crippen molar-refractivity contribution in [3.63, 3.8) is 0 Å². The van der Waals surface area contributed by atoms with Crippen molar-refractivity contribution in [2.45, 2.75) is 6.42 Å². The molecule has 0 aromatic heterocycles. The second-order valence-electron chi connectivity index (χ2n) is 4.36. The van der Waals surface area contributed by atoms with Crippen molar-refractivity contribution in [3.05, 3.63) is 54.1 Å². The van der Waals surface area contributed by atoms with Crippen LogP contribution in [0.25, 0.3) is 0 Å². The van der Waals surface area contributed by atoms with Gasteiger partial charge in [-0.15, -0.1) is 0 Å². The lowest BCUT2D eigenvalue weighted by molar-refractivity contribution is 0.315. The van der Waals surface area contributed by atoms with E-state index in [1.165, 1.54) is 0 Å². The SMILES string of the molecule is N#Cc1ccc(NCCCOc2ccccc2)c(N)c1. The van der Waals surface area contributed by atoms with E-state index in [4.69, 9.17) is 15.7 Å². The van der Waals surface area contributed by atoms with Crippen LogP contribution in [-0.2, 0) is 0 Å². The van der Waals surface area contributed by atoms with E-state index in [0.29, 0.717) is 17.9 Å². The lowest BCUT2D eigenvalue weighted by Crippen LogP contribution is -2.08. The van der Waals surface area contributed by atoms with Crippen molar-refractivity contribution in [2.75, 3.05) is 24.2 Å². The van der Waals surface area contributed by atoms with E-state index in [0.717, 1.165) is 24.4 Å². The fourth-order valence-electron chi connectivity index (χ4n) is 1.80. The standard InChI is InChI=1S/C16H17N3O/c17-12-13-7-8-16(15(18)11-13)19-9-4-10-20-14-5-2-1-3-6-14/h1-3,5-8,11,19H,4,9-10,18H2. The molecule has 0 bridgehead atoms. The van der Waals surface area contributed by atoms with Crippen LogP contribution in [0.1, 0.15) is 12.0 Å². The Morgan fingerprint density at radius 3 is 2.65 bits per heavy atom. The van der Waals surface area contributed by atoms with Gasteiger partial charge in [0.2, 0.25) is 0 Å². The molecule has 0 saturated carbocycles. The third-order valence-electron chi connectivity index (χ3n) is 2.83. The van der Waals surface area contributed by atoms with Crippen molar-refractivity contribution < 1.29 is 4.74 Å². The number of anilines is 2. The third-order valence-corrected chi connectivity index (χ3v) is 2.83. The Morgan fingerprint density at radius 1 is 1.15 bits per heavy atom. The number of nitrogen functional groups attached to an aromatic ring is 1. The van der Waals surface area contributed by atoms with Crippen molar-refractivity contribution in [3.8, 4) is 11.8 Å². The molecule has 20 heavy (non-hydrogen) atoms. The van der Waals surface area contributed by atoms with Crippen LogP contribution < -0.4 is 15.8 Å². The van der Waals surface area contributed by atoms with Gasteiger partial charge in [0.05, 0.1) is 29.6 Å². The Kier molecular flexibility index (Phi) is 4.85. The van der Waals surface area contributed by atoms with Gasteiger partial charge >= 0.3 is 0 Å². The van der Waals surface area contributed by atoms with Gasteiger partial charge in [0.1, 0.15) is 5.75 Å². The Balaban J connectivity index is 1.72. The summed E-state index contributed by atoms with van der Waals surface area (Å²) < 4.78 is 5.60. The molecule has 0 spiro atoms. The van der Waals surface area contributed by atoms with Gasteiger partial charge in [-0.1, -0.05) is 18.2 Å². The molecule has 102 valence electrons. The van der Waals surface area contributed by atoms with E-state index < -0.39 is 0 Å².